The molecule has 0 saturated carbocycles. The largest absolute Gasteiger partial charge is 0.871 e. The second kappa shape index (κ2) is 11.1. The van der Waals surface area contributed by atoms with Gasteiger partial charge in [-0.15, -0.1) is 0 Å². The Bertz CT molecular complexity index is 1350. The van der Waals surface area contributed by atoms with Gasteiger partial charge < -0.3 is 10.0 Å². The molecule has 1 aliphatic heterocycles. The highest BCUT2D eigenvalue weighted by Crippen LogP contribution is 2.42. The molecule has 0 saturated heterocycles. The summed E-state index contributed by atoms with van der Waals surface area (Å²) in [6.07, 6.45) is 6.42. The molecule has 6 heteroatoms. The summed E-state index contributed by atoms with van der Waals surface area (Å²) in [5, 5.41) is 31.6. The first-order valence-corrected chi connectivity index (χ1v) is 12.6. The molecule has 0 fully saturated rings. The van der Waals surface area contributed by atoms with Gasteiger partial charge in [-0.3, -0.25) is 4.79 Å². The van der Waals surface area contributed by atoms with E-state index in [0.717, 1.165) is 55.7 Å². The topological polar surface area (TPSA) is 94.0 Å². The van der Waals surface area contributed by atoms with E-state index in [1.165, 1.54) is 0 Å². The molecule has 0 bridgehead atoms. The summed E-state index contributed by atoms with van der Waals surface area (Å²) in [4.78, 5) is 15.4. The number of unbranched alkanes of at least 4 members (excludes halogenated alkanes) is 2. The van der Waals surface area contributed by atoms with Crippen LogP contribution in [0.1, 0.15) is 62.6 Å². The fourth-order valence-corrected chi connectivity index (χ4v) is 4.72. The maximum atomic E-state index is 13.3. The highest BCUT2D eigenvalue weighted by molar-refractivity contribution is 6.44. The molecule has 2 aromatic carbocycles. The Hall–Kier alpha value is -4.16. The third kappa shape index (κ3) is 4.68. The molecule has 2 aromatic rings. The number of nitrogens with zero attached hydrogens (tertiary/aromatic N) is 4. The Labute approximate surface area is 212 Å². The number of anilines is 1. The first-order chi connectivity index (χ1) is 17.5. The van der Waals surface area contributed by atoms with Crippen molar-refractivity contribution in [2.24, 2.45) is 0 Å². The van der Waals surface area contributed by atoms with Crippen molar-refractivity contribution in [1.29, 1.82) is 10.5 Å². The lowest BCUT2D eigenvalue weighted by molar-refractivity contribution is -0.432. The third-order valence-corrected chi connectivity index (χ3v) is 6.74. The Balaban J connectivity index is 1.68. The maximum Gasteiger partial charge on any atom is 0.213 e. The highest BCUT2D eigenvalue weighted by atomic mass is 16.3. The van der Waals surface area contributed by atoms with Gasteiger partial charge in [0.25, 0.3) is 0 Å². The number of carbonyl (C=O) groups is 1. The van der Waals surface area contributed by atoms with Crippen LogP contribution in [0.2, 0.25) is 0 Å². The van der Waals surface area contributed by atoms with Crippen LogP contribution in [0.15, 0.2) is 53.8 Å². The van der Waals surface area contributed by atoms with Crippen LogP contribution in [0, 0.1) is 22.7 Å². The van der Waals surface area contributed by atoms with Gasteiger partial charge in [-0.1, -0.05) is 44.6 Å². The zero-order valence-corrected chi connectivity index (χ0v) is 20.9. The summed E-state index contributed by atoms with van der Waals surface area (Å²) in [5.41, 5.74) is 4.79. The van der Waals surface area contributed by atoms with Gasteiger partial charge in [0.05, 0.1) is 35.3 Å². The standard InChI is InChI=1S/C30H30N4O2/c1-3-5-15-33(17-7-14-31)23-11-9-22(10-12-23)27-29(35)28(30(27)36)25-20-34(16-6-4-2)26-13-8-21(19-32)18-24(25)26/h8-13,18,20H,3-7,15-17H2,1-2H3. The molecule has 1 heterocycles. The summed E-state index contributed by atoms with van der Waals surface area (Å²) in [6.45, 7) is 6.54. The quantitative estimate of drug-likeness (QED) is 0.364. The van der Waals surface area contributed by atoms with Crippen molar-refractivity contribution in [3.8, 4) is 12.1 Å². The molecular formula is C30H30N4O2. The molecule has 6 nitrogen and oxygen atoms in total. The number of ketones is 1. The van der Waals surface area contributed by atoms with Crippen LogP contribution >= 0.6 is 0 Å². The second-order valence-corrected chi connectivity index (χ2v) is 9.14. The molecule has 1 aliphatic carbocycles. The van der Waals surface area contributed by atoms with Crippen LogP contribution < -0.4 is 10.0 Å². The Morgan fingerprint density at radius 3 is 2.36 bits per heavy atom. The van der Waals surface area contributed by atoms with Gasteiger partial charge in [-0.05, 0) is 36.2 Å². The van der Waals surface area contributed by atoms with Crippen molar-refractivity contribution < 1.29 is 14.5 Å². The van der Waals surface area contributed by atoms with Crippen molar-refractivity contribution in [2.75, 3.05) is 24.5 Å². The summed E-state index contributed by atoms with van der Waals surface area (Å²) in [7, 11) is 0. The molecule has 0 radical (unpaired) electrons. The van der Waals surface area contributed by atoms with Gasteiger partial charge in [0.15, 0.2) is 12.0 Å². The highest BCUT2D eigenvalue weighted by Gasteiger charge is 2.36. The van der Waals surface area contributed by atoms with Crippen LogP contribution in [0.5, 0.6) is 0 Å². The zero-order valence-electron chi connectivity index (χ0n) is 20.9. The van der Waals surface area contributed by atoms with Crippen molar-refractivity contribution in [2.45, 2.75) is 46.0 Å². The Kier molecular flexibility index (Phi) is 7.66. The van der Waals surface area contributed by atoms with Crippen molar-refractivity contribution in [3.63, 3.8) is 0 Å². The van der Waals surface area contributed by atoms with E-state index >= 15 is 0 Å². The molecular weight excluding hydrogens is 448 g/mol. The number of benzene rings is 2. The van der Waals surface area contributed by atoms with Crippen LogP contribution in [0.25, 0.3) is 11.1 Å². The summed E-state index contributed by atoms with van der Waals surface area (Å²) in [5.74, 6) is -0.506. The van der Waals surface area contributed by atoms with Gasteiger partial charge in [-0.25, -0.2) is 0 Å². The number of hydrogen-bond acceptors (Lipinski definition) is 5. The second-order valence-electron chi connectivity index (χ2n) is 9.14. The number of carbonyl (C=O) groups excluding carboxylic acids is 1. The van der Waals surface area contributed by atoms with E-state index in [9.17, 15) is 15.2 Å². The zero-order chi connectivity index (χ0) is 25.7. The Morgan fingerprint density at radius 1 is 0.972 bits per heavy atom. The summed E-state index contributed by atoms with van der Waals surface area (Å²) >= 11 is 0. The predicted octanol–water partition coefficient (Wildman–Crippen LogP) is 4.71. The van der Waals surface area contributed by atoms with E-state index in [2.05, 4.69) is 35.5 Å². The van der Waals surface area contributed by atoms with Crippen LogP contribution in [-0.2, 0) is 4.79 Å². The van der Waals surface area contributed by atoms with Gasteiger partial charge in [0.2, 0.25) is 5.69 Å². The number of fused-ring (bicyclic) bond motifs is 1. The normalized spacial score (nSPS) is 16.2. The molecule has 0 N–H and O–H groups in total. The van der Waals surface area contributed by atoms with Gasteiger partial charge in [0.1, 0.15) is 6.54 Å². The molecule has 182 valence electrons. The summed E-state index contributed by atoms with van der Waals surface area (Å²) < 4.78 is 2.07. The molecule has 4 rings (SSSR count). The van der Waals surface area contributed by atoms with E-state index in [-0.39, 0.29) is 22.7 Å². The fourth-order valence-electron chi connectivity index (χ4n) is 4.72. The van der Waals surface area contributed by atoms with E-state index < -0.39 is 0 Å². The van der Waals surface area contributed by atoms with Crippen molar-refractivity contribution >= 4 is 34.5 Å². The van der Waals surface area contributed by atoms with Crippen molar-refractivity contribution in [3.05, 3.63) is 70.5 Å². The fraction of sp³-hybridized carbons (Fsp3) is 0.333. The third-order valence-electron chi connectivity index (χ3n) is 6.74. The van der Waals surface area contributed by atoms with Crippen molar-refractivity contribution in [1.82, 2.24) is 0 Å². The van der Waals surface area contributed by atoms with E-state index in [1.54, 1.807) is 12.1 Å². The lowest BCUT2D eigenvalue weighted by Gasteiger charge is -2.32. The molecule has 0 amide bonds. The molecule has 0 aromatic heterocycles. The smallest absolute Gasteiger partial charge is 0.213 e. The van der Waals surface area contributed by atoms with Gasteiger partial charge in [-0.2, -0.15) is 15.1 Å². The molecule has 0 atom stereocenters. The van der Waals surface area contributed by atoms with E-state index in [0.29, 0.717) is 29.7 Å². The van der Waals surface area contributed by atoms with Gasteiger partial charge >= 0.3 is 0 Å². The minimum Gasteiger partial charge on any atom is -0.871 e. The van der Waals surface area contributed by atoms with E-state index in [1.807, 2.05) is 36.5 Å². The average Bonchev–Trinajstić information content (AvgIpc) is 3.25. The average molecular weight is 479 g/mol. The van der Waals surface area contributed by atoms with Crippen LogP contribution in [0.4, 0.5) is 11.4 Å². The van der Waals surface area contributed by atoms with Gasteiger partial charge in [0, 0.05) is 42.4 Å². The number of nitriles is 2. The van der Waals surface area contributed by atoms with Crippen LogP contribution in [-0.4, -0.2) is 36.2 Å². The molecule has 36 heavy (non-hydrogen) atoms. The lowest BCUT2D eigenvalue weighted by atomic mass is 9.79. The molecule has 0 spiro atoms. The number of rotatable bonds is 10. The predicted molar refractivity (Wildman–Crippen MR) is 140 cm³/mol. The first-order valence-electron chi connectivity index (χ1n) is 12.6. The SMILES string of the molecule is CCCCN(CCC#N)c1ccc(C2=C([O-])C(=C3C=[N+](CCCC)c4ccc(C#N)cc43)C2=O)cc1. The summed E-state index contributed by atoms with van der Waals surface area (Å²) in [6, 6.07) is 17.3. The maximum absolute atomic E-state index is 13.3. The lowest BCUT2D eigenvalue weighted by Crippen LogP contribution is -2.30. The number of Topliss-reactive ketones (excluding diaryl/α,β-unsaturated/α-hetero) is 1. The Morgan fingerprint density at radius 2 is 1.72 bits per heavy atom. The minimum absolute atomic E-state index is 0.197. The monoisotopic (exact) mass is 478 g/mol. The first kappa shape index (κ1) is 24.9. The minimum atomic E-state index is -0.253. The van der Waals surface area contributed by atoms with E-state index in [4.69, 9.17) is 5.26 Å². The van der Waals surface area contributed by atoms with Crippen LogP contribution in [0.3, 0.4) is 0 Å². The molecule has 0 unspecified atom stereocenters. The molecule has 2 aliphatic rings. The number of hydrogen-bond donors (Lipinski definition) is 0. The number of allylic oxidation sites excluding steroid dienone is 3.